The van der Waals surface area contributed by atoms with Crippen molar-refractivity contribution >= 4 is 10.9 Å². The highest BCUT2D eigenvalue weighted by Crippen LogP contribution is 2.41. The molecule has 1 fully saturated rings. The lowest BCUT2D eigenvalue weighted by atomic mass is 9.67. The topological polar surface area (TPSA) is 118 Å². The van der Waals surface area contributed by atoms with E-state index in [1.54, 1.807) is 0 Å². The van der Waals surface area contributed by atoms with Crippen molar-refractivity contribution in [3.8, 4) is 23.4 Å². The number of aromatic amines is 1. The van der Waals surface area contributed by atoms with Crippen LogP contribution in [0.25, 0.3) is 22.2 Å². The third kappa shape index (κ3) is 3.16. The summed E-state index contributed by atoms with van der Waals surface area (Å²) in [6.45, 7) is 5.90. The molecule has 0 bridgehead atoms. The molecule has 2 aliphatic heterocycles. The van der Waals surface area contributed by atoms with Gasteiger partial charge in [0.1, 0.15) is 11.1 Å². The van der Waals surface area contributed by atoms with E-state index < -0.39 is 11.3 Å². The lowest BCUT2D eigenvalue weighted by Crippen LogP contribution is -2.48. The molecule has 0 radical (unpaired) electrons. The third-order valence-electron chi connectivity index (χ3n) is 6.81. The number of nitrogens with one attached hydrogen (secondary N) is 3. The maximum absolute atomic E-state index is 10.3. The van der Waals surface area contributed by atoms with Gasteiger partial charge in [0.15, 0.2) is 0 Å². The van der Waals surface area contributed by atoms with Crippen LogP contribution >= 0.6 is 0 Å². The Kier molecular flexibility index (Phi) is 4.96. The summed E-state index contributed by atoms with van der Waals surface area (Å²) in [5, 5.41) is 40.1. The first-order chi connectivity index (χ1) is 15.6. The lowest BCUT2D eigenvalue weighted by Gasteiger charge is -2.38. The fourth-order valence-electron chi connectivity index (χ4n) is 5.18. The number of piperidine rings is 1. The molecule has 0 amide bonds. The van der Waals surface area contributed by atoms with Crippen molar-refractivity contribution in [3.63, 3.8) is 0 Å². The summed E-state index contributed by atoms with van der Waals surface area (Å²) in [5.74, 6) is -0.508. The first-order valence-corrected chi connectivity index (χ1v) is 11.1. The van der Waals surface area contributed by atoms with Crippen molar-refractivity contribution in [3.05, 3.63) is 47.9 Å². The number of H-pyrrole nitrogens is 1. The zero-order valence-electron chi connectivity index (χ0n) is 18.3. The summed E-state index contributed by atoms with van der Waals surface area (Å²) in [4.78, 5) is 0. The molecule has 8 nitrogen and oxygen atoms in total. The normalized spacial score (nSPS) is 26.2. The molecule has 1 saturated heterocycles. The van der Waals surface area contributed by atoms with Gasteiger partial charge < -0.3 is 10.6 Å². The maximum atomic E-state index is 10.3. The van der Waals surface area contributed by atoms with Gasteiger partial charge in [-0.15, -0.1) is 0 Å². The van der Waals surface area contributed by atoms with Crippen molar-refractivity contribution in [2.24, 2.45) is 5.92 Å². The van der Waals surface area contributed by atoms with E-state index >= 15 is 0 Å². The Balaban J connectivity index is 1.59. The smallest absolute Gasteiger partial charge is 0.120 e. The molecular weight excluding hydrogens is 400 g/mol. The molecule has 5 rings (SSSR count). The summed E-state index contributed by atoms with van der Waals surface area (Å²) in [6.07, 6.45) is 7.93. The van der Waals surface area contributed by atoms with Crippen LogP contribution in [0.15, 0.2) is 42.4 Å². The average Bonchev–Trinajstić information content (AvgIpc) is 3.45. The zero-order valence-corrected chi connectivity index (χ0v) is 18.3. The Morgan fingerprint density at radius 3 is 2.78 bits per heavy atom. The van der Waals surface area contributed by atoms with Crippen LogP contribution in [0.1, 0.15) is 38.3 Å². The van der Waals surface area contributed by atoms with Crippen molar-refractivity contribution in [1.29, 1.82) is 10.5 Å². The number of rotatable bonds is 3. The van der Waals surface area contributed by atoms with Crippen LogP contribution in [0.5, 0.6) is 0 Å². The fraction of sp³-hybridized carbons (Fsp3) is 0.417. The molecule has 0 aliphatic carbocycles. The third-order valence-corrected chi connectivity index (χ3v) is 6.81. The van der Waals surface area contributed by atoms with Gasteiger partial charge >= 0.3 is 0 Å². The molecule has 32 heavy (non-hydrogen) atoms. The van der Waals surface area contributed by atoms with E-state index in [2.05, 4.69) is 44.3 Å². The van der Waals surface area contributed by atoms with Gasteiger partial charge in [0, 0.05) is 28.9 Å². The predicted molar refractivity (Wildman–Crippen MR) is 121 cm³/mol. The molecule has 4 heterocycles. The van der Waals surface area contributed by atoms with Gasteiger partial charge in [-0.3, -0.25) is 9.78 Å². The summed E-state index contributed by atoms with van der Waals surface area (Å²) in [7, 11) is 0. The Morgan fingerprint density at radius 1 is 1.22 bits per heavy atom. The fourth-order valence-corrected chi connectivity index (χ4v) is 5.18. The molecule has 0 saturated carbocycles. The Bertz CT molecular complexity index is 1260. The van der Waals surface area contributed by atoms with Gasteiger partial charge in [-0.25, -0.2) is 0 Å². The molecule has 2 aromatic heterocycles. The number of hydrogen-bond acceptors (Lipinski definition) is 6. The highest BCUT2D eigenvalue weighted by molar-refractivity contribution is 5.93. The molecule has 8 heteroatoms. The molecule has 0 spiro atoms. The van der Waals surface area contributed by atoms with Crippen molar-refractivity contribution in [1.82, 2.24) is 30.6 Å². The number of fused-ring (bicyclic) bond motifs is 1. The number of nitriles is 2. The summed E-state index contributed by atoms with van der Waals surface area (Å²) in [6, 6.07) is 11.0. The SMILES string of the molecule is CC1=CC(C#N)(c2ccc3[nH]nc(-c4cnn(C5CCNCC5)c4)c3c2)C(C#N)C(C)N1. The molecule has 3 N–H and O–H groups in total. The van der Waals surface area contributed by atoms with Crippen LogP contribution in [0.3, 0.4) is 0 Å². The van der Waals surface area contributed by atoms with E-state index in [0.29, 0.717) is 6.04 Å². The van der Waals surface area contributed by atoms with Gasteiger partial charge in [-0.2, -0.15) is 20.7 Å². The van der Waals surface area contributed by atoms with Crippen LogP contribution in [-0.4, -0.2) is 39.1 Å². The van der Waals surface area contributed by atoms with E-state index in [1.165, 1.54) is 0 Å². The minimum Gasteiger partial charge on any atom is -0.385 e. The van der Waals surface area contributed by atoms with E-state index in [0.717, 1.165) is 59.4 Å². The van der Waals surface area contributed by atoms with Gasteiger partial charge in [0.05, 0.1) is 35.8 Å². The Morgan fingerprint density at radius 2 is 2.03 bits per heavy atom. The molecule has 2 aliphatic rings. The lowest BCUT2D eigenvalue weighted by molar-refractivity contribution is 0.343. The number of nitrogens with zero attached hydrogens (tertiary/aromatic N) is 5. The van der Waals surface area contributed by atoms with E-state index in [-0.39, 0.29) is 6.04 Å². The van der Waals surface area contributed by atoms with Gasteiger partial charge in [0.2, 0.25) is 0 Å². The second-order valence-corrected chi connectivity index (χ2v) is 8.87. The molecule has 3 unspecified atom stereocenters. The second kappa shape index (κ2) is 7.81. The van der Waals surface area contributed by atoms with Gasteiger partial charge in [-0.05, 0) is 63.6 Å². The molecule has 3 aromatic rings. The predicted octanol–water partition coefficient (Wildman–Crippen LogP) is 3.15. The molecule has 162 valence electrons. The second-order valence-electron chi connectivity index (χ2n) is 8.87. The minimum absolute atomic E-state index is 0.132. The molecule has 1 aromatic carbocycles. The standard InChI is InChI=1S/C24H26N8/c1-15-10-24(14-26,21(11-25)16(2)29-15)18-3-4-22-20(9-18)23(31-30-22)17-12-28-32(13-17)19-5-7-27-8-6-19/h3-4,9-10,12-13,16,19,21,27,29H,5-8H2,1-2H3,(H,30,31). The Hall–Kier alpha value is -3.62. The maximum Gasteiger partial charge on any atom is 0.120 e. The number of benzene rings is 1. The van der Waals surface area contributed by atoms with E-state index in [9.17, 15) is 10.5 Å². The van der Waals surface area contributed by atoms with Crippen LogP contribution in [0.4, 0.5) is 0 Å². The molecule has 3 atom stereocenters. The number of aromatic nitrogens is 4. The van der Waals surface area contributed by atoms with Crippen LogP contribution < -0.4 is 10.6 Å². The number of allylic oxidation sites excluding steroid dienone is 2. The van der Waals surface area contributed by atoms with Crippen LogP contribution in [0.2, 0.25) is 0 Å². The first-order valence-electron chi connectivity index (χ1n) is 11.1. The van der Waals surface area contributed by atoms with E-state index in [4.69, 9.17) is 0 Å². The summed E-state index contributed by atoms with van der Waals surface area (Å²) >= 11 is 0. The molecular formula is C24H26N8. The van der Waals surface area contributed by atoms with Gasteiger partial charge in [0.25, 0.3) is 0 Å². The monoisotopic (exact) mass is 426 g/mol. The minimum atomic E-state index is -1.02. The highest BCUT2D eigenvalue weighted by atomic mass is 15.3. The quantitative estimate of drug-likeness (QED) is 0.592. The van der Waals surface area contributed by atoms with Gasteiger partial charge in [-0.1, -0.05) is 6.07 Å². The summed E-state index contributed by atoms with van der Waals surface area (Å²) in [5.41, 5.74) is 3.33. The van der Waals surface area contributed by atoms with Crippen LogP contribution in [-0.2, 0) is 5.41 Å². The number of hydrogen-bond donors (Lipinski definition) is 3. The summed E-state index contributed by atoms with van der Waals surface area (Å²) < 4.78 is 2.05. The highest BCUT2D eigenvalue weighted by Gasteiger charge is 2.45. The average molecular weight is 427 g/mol. The van der Waals surface area contributed by atoms with E-state index in [1.807, 2.05) is 49.0 Å². The van der Waals surface area contributed by atoms with Crippen LogP contribution in [0, 0.1) is 28.6 Å². The largest absolute Gasteiger partial charge is 0.385 e. The first kappa shape index (κ1) is 20.3. The van der Waals surface area contributed by atoms with Crippen molar-refractivity contribution in [2.75, 3.05) is 13.1 Å². The zero-order chi connectivity index (χ0) is 22.3. The van der Waals surface area contributed by atoms with Crippen molar-refractivity contribution < 1.29 is 0 Å². The Labute approximate surface area is 186 Å². The van der Waals surface area contributed by atoms with Crippen molar-refractivity contribution in [2.45, 2.75) is 44.2 Å².